The van der Waals surface area contributed by atoms with Crippen molar-refractivity contribution >= 4 is 5.97 Å². The minimum absolute atomic E-state index is 0.340. The number of aliphatic carboxylic acids is 1. The fourth-order valence-corrected chi connectivity index (χ4v) is 2.31. The fraction of sp³-hybridized carbons (Fsp3) is 0.500. The van der Waals surface area contributed by atoms with E-state index in [1.54, 1.807) is 12.1 Å². The van der Waals surface area contributed by atoms with Crippen molar-refractivity contribution in [2.75, 3.05) is 39.8 Å². The van der Waals surface area contributed by atoms with Crippen molar-refractivity contribution in [1.29, 1.82) is 0 Å². The molecule has 19 heavy (non-hydrogen) atoms. The highest BCUT2D eigenvalue weighted by molar-refractivity contribution is 5.76. The van der Waals surface area contributed by atoms with Crippen LogP contribution in [0.25, 0.3) is 0 Å². The molecule has 2 rings (SSSR count). The number of piperazine rings is 1. The zero-order chi connectivity index (χ0) is 13.8. The Balaban J connectivity index is 2.04. The van der Waals surface area contributed by atoms with Crippen LogP contribution in [0.5, 0.6) is 0 Å². The maximum absolute atomic E-state index is 12.9. The molecule has 0 amide bonds. The van der Waals surface area contributed by atoms with E-state index in [2.05, 4.69) is 16.8 Å². The van der Waals surface area contributed by atoms with Gasteiger partial charge in [0.1, 0.15) is 5.82 Å². The smallest absolute Gasteiger partial charge is 0.312 e. The van der Waals surface area contributed by atoms with Gasteiger partial charge in [0.25, 0.3) is 0 Å². The van der Waals surface area contributed by atoms with Crippen LogP contribution in [0.15, 0.2) is 24.3 Å². The standard InChI is InChI=1S/C14H19FN2O2/c1-16-6-8-17(9-7-16)10-13(14(18)19)11-2-4-12(15)5-3-11/h2-5,13H,6-10H2,1H3,(H,18,19). The lowest BCUT2D eigenvalue weighted by Gasteiger charge is -2.33. The third-order valence-corrected chi connectivity index (χ3v) is 3.61. The van der Waals surface area contributed by atoms with E-state index < -0.39 is 11.9 Å². The second kappa shape index (κ2) is 6.12. The summed E-state index contributed by atoms with van der Waals surface area (Å²) in [6.45, 7) is 4.14. The third kappa shape index (κ3) is 3.75. The molecule has 1 aromatic rings. The summed E-state index contributed by atoms with van der Waals surface area (Å²) in [5.74, 6) is -1.79. The number of carbonyl (C=O) groups is 1. The van der Waals surface area contributed by atoms with E-state index in [0.717, 1.165) is 26.2 Å². The van der Waals surface area contributed by atoms with E-state index >= 15 is 0 Å². The first kappa shape index (κ1) is 14.0. The van der Waals surface area contributed by atoms with Gasteiger partial charge in [0, 0.05) is 32.7 Å². The van der Waals surface area contributed by atoms with E-state index in [1.807, 2.05) is 0 Å². The Kier molecular flexibility index (Phi) is 4.50. The molecule has 1 N–H and O–H groups in total. The second-order valence-electron chi connectivity index (χ2n) is 5.05. The third-order valence-electron chi connectivity index (χ3n) is 3.61. The molecule has 0 saturated carbocycles. The van der Waals surface area contributed by atoms with Crippen LogP contribution in [0.3, 0.4) is 0 Å². The Labute approximate surface area is 112 Å². The Morgan fingerprint density at radius 2 is 1.84 bits per heavy atom. The Morgan fingerprint density at radius 1 is 1.26 bits per heavy atom. The lowest BCUT2D eigenvalue weighted by Crippen LogP contribution is -2.46. The molecule has 1 fully saturated rings. The summed E-state index contributed by atoms with van der Waals surface area (Å²) in [5.41, 5.74) is 0.660. The minimum atomic E-state index is -0.856. The molecule has 1 aliphatic heterocycles. The van der Waals surface area contributed by atoms with E-state index in [4.69, 9.17) is 0 Å². The first-order valence-electron chi connectivity index (χ1n) is 6.45. The van der Waals surface area contributed by atoms with Crippen LogP contribution in [0.2, 0.25) is 0 Å². The molecule has 1 unspecified atom stereocenters. The molecule has 0 bridgehead atoms. The summed E-state index contributed by atoms with van der Waals surface area (Å²) in [5, 5.41) is 9.35. The van der Waals surface area contributed by atoms with Gasteiger partial charge in [-0.3, -0.25) is 9.69 Å². The highest BCUT2D eigenvalue weighted by atomic mass is 19.1. The van der Waals surface area contributed by atoms with Gasteiger partial charge < -0.3 is 10.0 Å². The van der Waals surface area contributed by atoms with Crippen molar-refractivity contribution < 1.29 is 14.3 Å². The number of carboxylic acids is 1. The van der Waals surface area contributed by atoms with Gasteiger partial charge in [0.2, 0.25) is 0 Å². The summed E-state index contributed by atoms with van der Waals surface area (Å²) >= 11 is 0. The number of nitrogens with zero attached hydrogens (tertiary/aromatic N) is 2. The molecule has 1 aromatic carbocycles. The van der Waals surface area contributed by atoms with Gasteiger partial charge in [0.15, 0.2) is 0 Å². The number of hydrogen-bond acceptors (Lipinski definition) is 3. The average Bonchev–Trinajstić information content (AvgIpc) is 2.39. The van der Waals surface area contributed by atoms with Crippen molar-refractivity contribution in [3.8, 4) is 0 Å². The lowest BCUT2D eigenvalue weighted by atomic mass is 9.98. The quantitative estimate of drug-likeness (QED) is 0.890. The van der Waals surface area contributed by atoms with Crippen molar-refractivity contribution in [1.82, 2.24) is 9.80 Å². The maximum atomic E-state index is 12.9. The number of halogens is 1. The van der Waals surface area contributed by atoms with Crippen molar-refractivity contribution in [3.63, 3.8) is 0 Å². The fourth-order valence-electron chi connectivity index (χ4n) is 2.31. The van der Waals surface area contributed by atoms with Crippen LogP contribution in [-0.4, -0.2) is 60.6 Å². The molecule has 1 saturated heterocycles. The van der Waals surface area contributed by atoms with Crippen LogP contribution in [0, 0.1) is 5.82 Å². The SMILES string of the molecule is CN1CCN(CC(C(=O)O)c2ccc(F)cc2)CC1. The van der Waals surface area contributed by atoms with Crippen molar-refractivity contribution in [2.45, 2.75) is 5.92 Å². The van der Waals surface area contributed by atoms with Crippen LogP contribution in [0.1, 0.15) is 11.5 Å². The summed E-state index contributed by atoms with van der Waals surface area (Å²) in [7, 11) is 2.06. The minimum Gasteiger partial charge on any atom is -0.481 e. The van der Waals surface area contributed by atoms with E-state index in [9.17, 15) is 14.3 Å². The zero-order valence-corrected chi connectivity index (χ0v) is 11.1. The second-order valence-corrected chi connectivity index (χ2v) is 5.05. The molecule has 1 aliphatic rings. The zero-order valence-electron chi connectivity index (χ0n) is 11.1. The van der Waals surface area contributed by atoms with Gasteiger partial charge in [0.05, 0.1) is 5.92 Å². The molecule has 5 heteroatoms. The Morgan fingerprint density at radius 3 is 2.37 bits per heavy atom. The first-order chi connectivity index (χ1) is 9.06. The first-order valence-corrected chi connectivity index (χ1v) is 6.45. The summed E-state index contributed by atoms with van der Waals surface area (Å²) in [6, 6.07) is 5.75. The molecule has 0 aliphatic carbocycles. The van der Waals surface area contributed by atoms with Gasteiger partial charge in [-0.2, -0.15) is 0 Å². The number of benzene rings is 1. The van der Waals surface area contributed by atoms with Crippen molar-refractivity contribution in [3.05, 3.63) is 35.6 Å². The number of carboxylic acid groups (broad SMARTS) is 1. The van der Waals surface area contributed by atoms with E-state index in [1.165, 1.54) is 12.1 Å². The van der Waals surface area contributed by atoms with Crippen LogP contribution < -0.4 is 0 Å². The van der Waals surface area contributed by atoms with E-state index in [0.29, 0.717) is 12.1 Å². The van der Waals surface area contributed by atoms with Gasteiger partial charge >= 0.3 is 5.97 Å². The molecule has 104 valence electrons. The van der Waals surface area contributed by atoms with Crippen LogP contribution in [0.4, 0.5) is 4.39 Å². The number of hydrogen-bond donors (Lipinski definition) is 1. The lowest BCUT2D eigenvalue weighted by molar-refractivity contribution is -0.139. The molecular weight excluding hydrogens is 247 g/mol. The summed E-state index contributed by atoms with van der Waals surface area (Å²) < 4.78 is 12.9. The topological polar surface area (TPSA) is 43.8 Å². The predicted molar refractivity (Wildman–Crippen MR) is 70.7 cm³/mol. The molecule has 0 radical (unpaired) electrons. The van der Waals surface area contributed by atoms with Crippen LogP contribution in [-0.2, 0) is 4.79 Å². The molecule has 4 nitrogen and oxygen atoms in total. The summed E-state index contributed by atoms with van der Waals surface area (Å²) in [6.07, 6.45) is 0. The number of likely N-dealkylation sites (N-methyl/N-ethyl adjacent to an activating group) is 1. The van der Waals surface area contributed by atoms with Crippen molar-refractivity contribution in [2.24, 2.45) is 0 Å². The summed E-state index contributed by atoms with van der Waals surface area (Å²) in [4.78, 5) is 15.8. The Hall–Kier alpha value is -1.46. The average molecular weight is 266 g/mol. The van der Waals surface area contributed by atoms with Crippen LogP contribution >= 0.6 is 0 Å². The molecular formula is C14H19FN2O2. The molecule has 0 aromatic heterocycles. The van der Waals surface area contributed by atoms with Gasteiger partial charge in [-0.25, -0.2) is 4.39 Å². The molecule has 1 heterocycles. The van der Waals surface area contributed by atoms with Gasteiger partial charge in [-0.1, -0.05) is 12.1 Å². The predicted octanol–water partition coefficient (Wildman–Crippen LogP) is 1.24. The highest BCUT2D eigenvalue weighted by Crippen LogP contribution is 2.19. The maximum Gasteiger partial charge on any atom is 0.312 e. The van der Waals surface area contributed by atoms with Gasteiger partial charge in [-0.15, -0.1) is 0 Å². The van der Waals surface area contributed by atoms with Gasteiger partial charge in [-0.05, 0) is 24.7 Å². The molecule has 0 spiro atoms. The normalized spacial score (nSPS) is 19.3. The Bertz CT molecular complexity index is 428. The van der Waals surface area contributed by atoms with E-state index in [-0.39, 0.29) is 5.82 Å². The highest BCUT2D eigenvalue weighted by Gasteiger charge is 2.24. The monoisotopic (exact) mass is 266 g/mol. The largest absolute Gasteiger partial charge is 0.481 e. The number of rotatable bonds is 4. The molecule has 1 atom stereocenters.